The normalized spacial score (nSPS) is 14.3. The number of halogens is 1. The minimum Gasteiger partial charge on any atom is -0.490 e. The van der Waals surface area contributed by atoms with E-state index in [0.29, 0.717) is 6.61 Å². The molecule has 3 heteroatoms. The highest BCUT2D eigenvalue weighted by Crippen LogP contribution is 2.27. The lowest BCUT2D eigenvalue weighted by Crippen LogP contribution is -2.16. The fourth-order valence-corrected chi connectivity index (χ4v) is 2.66. The van der Waals surface area contributed by atoms with E-state index >= 15 is 0 Å². The van der Waals surface area contributed by atoms with Gasteiger partial charge in [0, 0.05) is 11.0 Å². The van der Waals surface area contributed by atoms with E-state index in [1.54, 1.807) is 0 Å². The maximum absolute atomic E-state index is 5.81. The van der Waals surface area contributed by atoms with Crippen molar-refractivity contribution in [2.45, 2.75) is 12.8 Å². The standard InChI is InChI=1S/C20H22BrNO/c21-19-10-8-17(9-11-19)18-4-3-5-20(14-18)23-13-2-1-12-22-15-16-6-7-16/h1-5,8-11,14,16,22H,6-7,12-13,15H2/b2-1+. The van der Waals surface area contributed by atoms with Gasteiger partial charge in [-0.3, -0.25) is 0 Å². The van der Waals surface area contributed by atoms with Crippen LogP contribution in [0.25, 0.3) is 11.1 Å². The van der Waals surface area contributed by atoms with Crippen molar-refractivity contribution >= 4 is 15.9 Å². The second-order valence-electron chi connectivity index (χ2n) is 5.92. The lowest BCUT2D eigenvalue weighted by Gasteiger charge is -2.07. The summed E-state index contributed by atoms with van der Waals surface area (Å²) in [6, 6.07) is 16.6. The monoisotopic (exact) mass is 371 g/mol. The molecule has 1 aliphatic rings. The van der Waals surface area contributed by atoms with Gasteiger partial charge in [0.15, 0.2) is 0 Å². The molecule has 1 aliphatic carbocycles. The molecule has 0 saturated heterocycles. The lowest BCUT2D eigenvalue weighted by atomic mass is 10.1. The summed E-state index contributed by atoms with van der Waals surface area (Å²) in [7, 11) is 0. The molecule has 0 aromatic heterocycles. The Labute approximate surface area is 146 Å². The third-order valence-corrected chi connectivity index (χ3v) is 4.45. The van der Waals surface area contributed by atoms with Gasteiger partial charge in [-0.25, -0.2) is 0 Å². The molecule has 2 nitrogen and oxygen atoms in total. The first-order valence-electron chi connectivity index (χ1n) is 8.16. The fourth-order valence-electron chi connectivity index (χ4n) is 2.40. The molecule has 1 saturated carbocycles. The van der Waals surface area contributed by atoms with Crippen LogP contribution in [0, 0.1) is 5.92 Å². The Morgan fingerprint density at radius 2 is 1.87 bits per heavy atom. The van der Waals surface area contributed by atoms with Crippen LogP contribution >= 0.6 is 15.9 Å². The van der Waals surface area contributed by atoms with Crippen LogP contribution in [0.15, 0.2) is 65.2 Å². The number of rotatable bonds is 8. The topological polar surface area (TPSA) is 21.3 Å². The maximum Gasteiger partial charge on any atom is 0.120 e. The Morgan fingerprint density at radius 3 is 2.65 bits per heavy atom. The van der Waals surface area contributed by atoms with Crippen LogP contribution in [0.4, 0.5) is 0 Å². The smallest absolute Gasteiger partial charge is 0.120 e. The Bertz CT molecular complexity index is 647. The summed E-state index contributed by atoms with van der Waals surface area (Å²) >= 11 is 3.47. The van der Waals surface area contributed by atoms with Crippen molar-refractivity contribution in [3.05, 3.63) is 65.2 Å². The molecule has 0 radical (unpaired) electrons. The molecule has 0 aliphatic heterocycles. The number of benzene rings is 2. The molecule has 23 heavy (non-hydrogen) atoms. The van der Waals surface area contributed by atoms with E-state index in [0.717, 1.165) is 29.2 Å². The summed E-state index contributed by atoms with van der Waals surface area (Å²) in [5, 5.41) is 3.43. The van der Waals surface area contributed by atoms with Gasteiger partial charge in [-0.05, 0) is 60.7 Å². The summed E-state index contributed by atoms with van der Waals surface area (Å²) in [5.74, 6) is 1.84. The molecular formula is C20H22BrNO. The van der Waals surface area contributed by atoms with E-state index < -0.39 is 0 Å². The second kappa shape index (κ2) is 8.32. The van der Waals surface area contributed by atoms with E-state index in [-0.39, 0.29) is 0 Å². The summed E-state index contributed by atoms with van der Waals surface area (Å²) in [5.41, 5.74) is 2.36. The summed E-state index contributed by atoms with van der Waals surface area (Å²) in [6.07, 6.45) is 7.01. The second-order valence-corrected chi connectivity index (χ2v) is 6.83. The van der Waals surface area contributed by atoms with E-state index in [2.05, 4.69) is 69.8 Å². The van der Waals surface area contributed by atoms with Gasteiger partial charge in [-0.1, -0.05) is 52.3 Å². The van der Waals surface area contributed by atoms with Crippen LogP contribution in [0.3, 0.4) is 0 Å². The van der Waals surface area contributed by atoms with Gasteiger partial charge in [0.1, 0.15) is 12.4 Å². The van der Waals surface area contributed by atoms with Crippen LogP contribution in [0.5, 0.6) is 5.75 Å². The fraction of sp³-hybridized carbons (Fsp3) is 0.300. The zero-order valence-electron chi connectivity index (χ0n) is 13.2. The van der Waals surface area contributed by atoms with Crippen LogP contribution in [0.1, 0.15) is 12.8 Å². The minimum atomic E-state index is 0.606. The quantitative estimate of drug-likeness (QED) is 0.517. The molecular weight excluding hydrogens is 350 g/mol. The number of hydrogen-bond donors (Lipinski definition) is 1. The van der Waals surface area contributed by atoms with Crippen molar-refractivity contribution in [2.24, 2.45) is 5.92 Å². The third kappa shape index (κ3) is 5.52. The number of ether oxygens (including phenoxy) is 1. The van der Waals surface area contributed by atoms with Gasteiger partial charge in [0.25, 0.3) is 0 Å². The molecule has 0 unspecified atom stereocenters. The average molecular weight is 372 g/mol. The predicted molar refractivity (Wildman–Crippen MR) is 99.8 cm³/mol. The molecule has 120 valence electrons. The van der Waals surface area contributed by atoms with Crippen molar-refractivity contribution in [2.75, 3.05) is 19.7 Å². The molecule has 0 heterocycles. The van der Waals surface area contributed by atoms with Crippen molar-refractivity contribution in [3.63, 3.8) is 0 Å². The minimum absolute atomic E-state index is 0.606. The predicted octanol–water partition coefficient (Wildman–Crippen LogP) is 5.05. The average Bonchev–Trinajstić information content (AvgIpc) is 3.39. The molecule has 0 atom stereocenters. The van der Waals surface area contributed by atoms with Gasteiger partial charge < -0.3 is 10.1 Å². The highest BCUT2D eigenvalue weighted by molar-refractivity contribution is 9.10. The highest BCUT2D eigenvalue weighted by atomic mass is 79.9. The lowest BCUT2D eigenvalue weighted by molar-refractivity contribution is 0.362. The molecule has 2 aromatic carbocycles. The summed E-state index contributed by atoms with van der Waals surface area (Å²) in [6.45, 7) is 2.69. The molecule has 0 amide bonds. The Hall–Kier alpha value is -1.58. The molecule has 3 rings (SSSR count). The van der Waals surface area contributed by atoms with Crippen LogP contribution in [-0.2, 0) is 0 Å². The van der Waals surface area contributed by atoms with Crippen molar-refractivity contribution in [3.8, 4) is 16.9 Å². The molecule has 1 N–H and O–H groups in total. The number of nitrogens with one attached hydrogen (secondary N) is 1. The van der Waals surface area contributed by atoms with Gasteiger partial charge in [0.05, 0.1) is 0 Å². The Kier molecular flexibility index (Phi) is 5.89. The first-order valence-corrected chi connectivity index (χ1v) is 8.95. The number of hydrogen-bond acceptors (Lipinski definition) is 2. The van der Waals surface area contributed by atoms with Gasteiger partial charge in [0.2, 0.25) is 0 Å². The molecule has 2 aromatic rings. The van der Waals surface area contributed by atoms with Gasteiger partial charge in [-0.2, -0.15) is 0 Å². The van der Waals surface area contributed by atoms with E-state index in [9.17, 15) is 0 Å². The summed E-state index contributed by atoms with van der Waals surface area (Å²) in [4.78, 5) is 0. The first-order chi connectivity index (χ1) is 11.3. The van der Waals surface area contributed by atoms with E-state index in [1.807, 2.05) is 12.1 Å². The van der Waals surface area contributed by atoms with Crippen molar-refractivity contribution in [1.29, 1.82) is 0 Å². The molecule has 0 bridgehead atoms. The molecule has 0 spiro atoms. The zero-order chi connectivity index (χ0) is 15.9. The van der Waals surface area contributed by atoms with Crippen LogP contribution < -0.4 is 10.1 Å². The van der Waals surface area contributed by atoms with Gasteiger partial charge >= 0.3 is 0 Å². The Balaban J connectivity index is 1.47. The highest BCUT2D eigenvalue weighted by Gasteiger charge is 2.19. The SMILES string of the molecule is Brc1ccc(-c2cccc(OC/C=C/CNCC3CC3)c2)cc1. The Morgan fingerprint density at radius 1 is 1.04 bits per heavy atom. The first kappa shape index (κ1) is 16.3. The summed E-state index contributed by atoms with van der Waals surface area (Å²) < 4.78 is 6.90. The van der Waals surface area contributed by atoms with Crippen LogP contribution in [-0.4, -0.2) is 19.7 Å². The van der Waals surface area contributed by atoms with Crippen molar-refractivity contribution in [1.82, 2.24) is 5.32 Å². The van der Waals surface area contributed by atoms with Gasteiger partial charge in [-0.15, -0.1) is 0 Å². The van der Waals surface area contributed by atoms with E-state index in [4.69, 9.17) is 4.74 Å². The van der Waals surface area contributed by atoms with Crippen LogP contribution in [0.2, 0.25) is 0 Å². The van der Waals surface area contributed by atoms with Crippen molar-refractivity contribution < 1.29 is 4.74 Å². The zero-order valence-corrected chi connectivity index (χ0v) is 14.8. The maximum atomic E-state index is 5.81. The largest absolute Gasteiger partial charge is 0.490 e. The third-order valence-electron chi connectivity index (χ3n) is 3.92. The van der Waals surface area contributed by atoms with E-state index in [1.165, 1.54) is 24.0 Å². The molecule has 1 fully saturated rings.